The Morgan fingerprint density at radius 3 is 2.23 bits per heavy atom. The number of fused-ring (bicyclic) bond motifs is 2. The molecular weight excluding hydrogens is 674 g/mol. The number of amides is 3. The Kier molecular flexibility index (Phi) is 9.64. The van der Waals surface area contributed by atoms with Gasteiger partial charge in [0.25, 0.3) is 17.7 Å². The van der Waals surface area contributed by atoms with Crippen molar-refractivity contribution in [1.82, 2.24) is 14.4 Å². The van der Waals surface area contributed by atoms with Crippen molar-refractivity contribution in [1.29, 1.82) is 0 Å². The monoisotopic (exact) mass is 713 g/mol. The lowest BCUT2D eigenvalue weighted by molar-refractivity contribution is 0.00148. The van der Waals surface area contributed by atoms with Gasteiger partial charge in [-0.05, 0) is 72.0 Å². The summed E-state index contributed by atoms with van der Waals surface area (Å²) >= 11 is 6.80. The zero-order valence-electron chi connectivity index (χ0n) is 28.8. The number of likely N-dealkylation sites (tertiary alicyclic amines) is 1. The number of morpholine rings is 1. The summed E-state index contributed by atoms with van der Waals surface area (Å²) in [4.78, 5) is 47.9. The second-order valence-electron chi connectivity index (χ2n) is 13.5. The number of para-hydroxylation sites is 1. The number of carbonyl (C=O) groups is 3. The van der Waals surface area contributed by atoms with Crippen molar-refractivity contribution in [2.75, 3.05) is 49.6 Å². The highest BCUT2D eigenvalue weighted by Crippen LogP contribution is 2.33. The minimum Gasteiger partial charge on any atom is -0.379 e. The molecule has 5 aromatic rings. The van der Waals surface area contributed by atoms with Gasteiger partial charge in [0.1, 0.15) is 5.69 Å². The van der Waals surface area contributed by atoms with Crippen molar-refractivity contribution < 1.29 is 19.1 Å². The molecule has 264 valence electrons. The Hall–Kier alpha value is -5.22. The number of halogens is 1. The van der Waals surface area contributed by atoms with E-state index in [1.54, 1.807) is 29.2 Å². The first-order valence-electron chi connectivity index (χ1n) is 17.9. The topological polar surface area (TPSA) is 87.1 Å². The number of nitrogens with zero attached hydrogens (tertiary/aromatic N) is 4. The highest BCUT2D eigenvalue weighted by atomic mass is 35.5. The van der Waals surface area contributed by atoms with Gasteiger partial charge in [-0.1, -0.05) is 78.3 Å². The number of benzene rings is 4. The highest BCUT2D eigenvalue weighted by Gasteiger charge is 2.32. The minimum atomic E-state index is -0.274. The molecule has 3 aliphatic rings. The third-order valence-electron chi connectivity index (χ3n) is 10.5. The van der Waals surface area contributed by atoms with Gasteiger partial charge < -0.3 is 24.4 Å². The third kappa shape index (κ3) is 6.75. The summed E-state index contributed by atoms with van der Waals surface area (Å²) in [6.07, 6.45) is 1.91. The summed E-state index contributed by atoms with van der Waals surface area (Å²) in [5.41, 5.74) is 6.30. The Morgan fingerprint density at radius 1 is 0.712 bits per heavy atom. The molecule has 0 radical (unpaired) electrons. The smallest absolute Gasteiger partial charge is 0.270 e. The van der Waals surface area contributed by atoms with Crippen LogP contribution in [-0.2, 0) is 17.8 Å². The van der Waals surface area contributed by atoms with Crippen LogP contribution < -0.4 is 10.2 Å². The normalized spacial score (nSPS) is 16.5. The average molecular weight is 714 g/mol. The molecule has 0 spiro atoms. The number of ether oxygens (including phenoxy) is 1. The standard InChI is InChI=1S/C42H40ClN5O4/c43-37-26-31(44-40(49)35-12-6-5-11-34(35)29-8-2-1-3-9-29)14-16-36(37)41(50)48-28-33-15-17-39(47(33)27-30-10-4-7-13-38(30)48)42(51)46-20-18-32(19-21-46)45-22-24-52-25-23-45/h1-17,26,32H,18-25,27-28H2,(H,44,49). The van der Waals surface area contributed by atoms with E-state index in [0.717, 1.165) is 80.3 Å². The maximum Gasteiger partial charge on any atom is 0.270 e. The molecule has 52 heavy (non-hydrogen) atoms. The summed E-state index contributed by atoms with van der Waals surface area (Å²) in [6.45, 7) is 5.64. The molecule has 10 heteroatoms. The van der Waals surface area contributed by atoms with E-state index >= 15 is 0 Å². The van der Waals surface area contributed by atoms with Crippen LogP contribution in [0.5, 0.6) is 0 Å². The molecule has 0 aliphatic carbocycles. The van der Waals surface area contributed by atoms with Crippen molar-refractivity contribution in [3.05, 3.63) is 142 Å². The lowest BCUT2D eigenvalue weighted by Gasteiger charge is -2.40. The zero-order chi connectivity index (χ0) is 35.6. The molecule has 1 N–H and O–H groups in total. The number of anilines is 2. The first-order chi connectivity index (χ1) is 25.4. The molecule has 4 heterocycles. The molecule has 3 aliphatic heterocycles. The maximum atomic E-state index is 14.3. The Balaban J connectivity index is 1.00. The minimum absolute atomic E-state index is 0.0241. The fraction of sp³-hybridized carbons (Fsp3) is 0.262. The van der Waals surface area contributed by atoms with Crippen LogP contribution in [-0.4, -0.2) is 77.5 Å². The molecule has 0 bridgehead atoms. The van der Waals surface area contributed by atoms with Crippen molar-refractivity contribution in [3.8, 4) is 11.1 Å². The van der Waals surface area contributed by atoms with Gasteiger partial charge in [0.2, 0.25) is 0 Å². The predicted molar refractivity (Wildman–Crippen MR) is 203 cm³/mol. The number of hydrogen-bond donors (Lipinski definition) is 1. The second-order valence-corrected chi connectivity index (χ2v) is 14.0. The highest BCUT2D eigenvalue weighted by molar-refractivity contribution is 6.35. The number of nitrogens with one attached hydrogen (secondary N) is 1. The quantitative estimate of drug-likeness (QED) is 0.201. The molecule has 1 aromatic heterocycles. The molecular formula is C42H40ClN5O4. The SMILES string of the molecule is O=C(Nc1ccc(C(=O)N2Cc3ccc(C(=O)N4CCC(N5CCOCC5)CC4)n3Cc3ccccc32)c(Cl)c1)c1ccccc1-c1ccccc1. The van der Waals surface area contributed by atoms with E-state index in [9.17, 15) is 14.4 Å². The van der Waals surface area contributed by atoms with Crippen molar-refractivity contribution >= 4 is 40.7 Å². The van der Waals surface area contributed by atoms with Crippen LogP contribution in [0.1, 0.15) is 55.3 Å². The van der Waals surface area contributed by atoms with E-state index in [1.807, 2.05) is 89.8 Å². The lowest BCUT2D eigenvalue weighted by Crippen LogP contribution is -2.50. The van der Waals surface area contributed by atoms with Gasteiger partial charge in [0.15, 0.2) is 0 Å². The van der Waals surface area contributed by atoms with Crippen LogP contribution >= 0.6 is 11.6 Å². The van der Waals surface area contributed by atoms with E-state index in [1.165, 1.54) is 0 Å². The van der Waals surface area contributed by atoms with E-state index in [0.29, 0.717) is 35.1 Å². The molecule has 3 amide bonds. The number of rotatable bonds is 6. The van der Waals surface area contributed by atoms with Gasteiger partial charge in [-0.2, -0.15) is 0 Å². The van der Waals surface area contributed by atoms with E-state index in [-0.39, 0.29) is 29.3 Å². The van der Waals surface area contributed by atoms with Crippen molar-refractivity contribution in [3.63, 3.8) is 0 Å². The summed E-state index contributed by atoms with van der Waals surface area (Å²) in [5, 5.41) is 3.19. The third-order valence-corrected chi connectivity index (χ3v) is 10.8. The first kappa shape index (κ1) is 33.9. The zero-order valence-corrected chi connectivity index (χ0v) is 29.6. The molecule has 0 unspecified atom stereocenters. The van der Waals surface area contributed by atoms with E-state index < -0.39 is 0 Å². The molecule has 2 saturated heterocycles. The molecule has 4 aromatic carbocycles. The number of piperidine rings is 1. The van der Waals surface area contributed by atoms with Gasteiger partial charge in [-0.25, -0.2) is 0 Å². The van der Waals surface area contributed by atoms with Crippen LogP contribution in [0.4, 0.5) is 11.4 Å². The van der Waals surface area contributed by atoms with E-state index in [4.69, 9.17) is 16.3 Å². The van der Waals surface area contributed by atoms with Crippen LogP contribution in [0.3, 0.4) is 0 Å². The Labute approximate surface area is 308 Å². The van der Waals surface area contributed by atoms with Crippen LogP contribution in [0.25, 0.3) is 11.1 Å². The summed E-state index contributed by atoms with van der Waals surface area (Å²) < 4.78 is 7.58. The predicted octanol–water partition coefficient (Wildman–Crippen LogP) is 7.21. The summed E-state index contributed by atoms with van der Waals surface area (Å²) in [6, 6.07) is 34.3. The maximum absolute atomic E-state index is 14.3. The largest absolute Gasteiger partial charge is 0.379 e. The second kappa shape index (κ2) is 14.8. The fourth-order valence-electron chi connectivity index (χ4n) is 7.73. The summed E-state index contributed by atoms with van der Waals surface area (Å²) in [5.74, 6) is -0.517. The van der Waals surface area contributed by atoms with Gasteiger partial charge in [0.05, 0.1) is 36.9 Å². The molecule has 8 rings (SSSR count). The van der Waals surface area contributed by atoms with Crippen LogP contribution in [0, 0.1) is 0 Å². The van der Waals surface area contributed by atoms with Gasteiger partial charge in [0, 0.05) is 54.9 Å². The lowest BCUT2D eigenvalue weighted by atomic mass is 9.99. The first-order valence-corrected chi connectivity index (χ1v) is 18.3. The van der Waals surface area contributed by atoms with Gasteiger partial charge >= 0.3 is 0 Å². The van der Waals surface area contributed by atoms with Crippen LogP contribution in [0.2, 0.25) is 5.02 Å². The number of aromatic nitrogens is 1. The molecule has 0 atom stereocenters. The van der Waals surface area contributed by atoms with Crippen molar-refractivity contribution in [2.24, 2.45) is 0 Å². The fourth-order valence-corrected chi connectivity index (χ4v) is 7.99. The molecule has 0 saturated carbocycles. The number of hydrogen-bond acceptors (Lipinski definition) is 5. The van der Waals surface area contributed by atoms with Crippen molar-refractivity contribution in [2.45, 2.75) is 32.0 Å². The summed E-state index contributed by atoms with van der Waals surface area (Å²) in [7, 11) is 0. The Morgan fingerprint density at radius 2 is 1.44 bits per heavy atom. The van der Waals surface area contributed by atoms with Crippen LogP contribution in [0.15, 0.2) is 109 Å². The number of carbonyl (C=O) groups excluding carboxylic acids is 3. The van der Waals surface area contributed by atoms with E-state index in [2.05, 4.69) is 14.8 Å². The Bertz CT molecular complexity index is 2120. The van der Waals surface area contributed by atoms with Gasteiger partial charge in [-0.3, -0.25) is 19.3 Å². The average Bonchev–Trinajstić information content (AvgIpc) is 3.50. The van der Waals surface area contributed by atoms with Gasteiger partial charge in [-0.15, -0.1) is 0 Å². The molecule has 9 nitrogen and oxygen atoms in total. The molecule has 2 fully saturated rings.